The molecule has 0 aromatic heterocycles. The minimum absolute atomic E-state index is 0.00550. The van der Waals surface area contributed by atoms with Crippen molar-refractivity contribution in [3.05, 3.63) is 66.2 Å². The predicted molar refractivity (Wildman–Crippen MR) is 141 cm³/mol. The number of rotatable bonds is 8. The van der Waals surface area contributed by atoms with Gasteiger partial charge in [-0.15, -0.1) is 0 Å². The summed E-state index contributed by atoms with van der Waals surface area (Å²) in [5.74, 6) is -0.0782. The number of carbonyl (C=O) groups is 3. The highest BCUT2D eigenvalue weighted by Crippen LogP contribution is 2.40. The number of likely N-dealkylation sites (tertiary alicyclic amines) is 1. The second-order valence-corrected chi connectivity index (χ2v) is 9.70. The molecule has 2 heterocycles. The van der Waals surface area contributed by atoms with Crippen LogP contribution in [0.2, 0.25) is 0 Å². The molecule has 192 valence electrons. The highest BCUT2D eigenvalue weighted by atomic mass is 16.2. The summed E-state index contributed by atoms with van der Waals surface area (Å²) in [5, 5.41) is 0. The number of hydrogen-bond acceptors (Lipinski definition) is 4. The number of benzene rings is 2. The number of amides is 3. The van der Waals surface area contributed by atoms with Gasteiger partial charge in [0, 0.05) is 31.9 Å². The summed E-state index contributed by atoms with van der Waals surface area (Å²) in [6.07, 6.45) is 1.84. The van der Waals surface area contributed by atoms with Crippen molar-refractivity contribution < 1.29 is 14.4 Å². The smallest absolute Gasteiger partial charge is 0.250 e. The van der Waals surface area contributed by atoms with Crippen molar-refractivity contribution in [1.82, 2.24) is 14.7 Å². The van der Waals surface area contributed by atoms with Gasteiger partial charge in [0.1, 0.15) is 12.1 Å². The van der Waals surface area contributed by atoms with Crippen LogP contribution in [0.4, 0.5) is 5.69 Å². The molecular weight excluding hydrogens is 452 g/mol. The summed E-state index contributed by atoms with van der Waals surface area (Å²) in [5.41, 5.74) is 1.27. The molecule has 2 aromatic carbocycles. The standard InChI is InChI=1S/C29H38N4O3/c1-4-25(23-13-9-7-10-14-23)27(35)31-19-17-29(18-20-31)28(36)32(21-26(34)30(5-2)6-3)22-33(29)24-15-11-8-12-16-24/h7-16,25H,4-6,17-22H2,1-3H3. The molecule has 0 radical (unpaired) electrons. The van der Waals surface area contributed by atoms with Crippen LogP contribution in [0.5, 0.6) is 0 Å². The molecule has 2 aliphatic rings. The highest BCUT2D eigenvalue weighted by molar-refractivity contribution is 5.96. The minimum Gasteiger partial charge on any atom is -0.342 e. The fourth-order valence-electron chi connectivity index (χ4n) is 5.72. The number of para-hydroxylation sites is 1. The van der Waals surface area contributed by atoms with E-state index >= 15 is 0 Å². The largest absolute Gasteiger partial charge is 0.342 e. The van der Waals surface area contributed by atoms with E-state index in [4.69, 9.17) is 0 Å². The molecule has 36 heavy (non-hydrogen) atoms. The highest BCUT2D eigenvalue weighted by Gasteiger charge is 2.54. The molecule has 2 aliphatic heterocycles. The second kappa shape index (κ2) is 11.1. The first-order valence-corrected chi connectivity index (χ1v) is 13.2. The van der Waals surface area contributed by atoms with Crippen molar-refractivity contribution in [1.29, 1.82) is 0 Å². The molecule has 7 nitrogen and oxygen atoms in total. The zero-order valence-corrected chi connectivity index (χ0v) is 21.7. The number of likely N-dealkylation sites (N-methyl/N-ethyl adjacent to an activating group) is 1. The Labute approximate surface area is 214 Å². The molecule has 0 bridgehead atoms. The Balaban J connectivity index is 1.54. The topological polar surface area (TPSA) is 64.2 Å². The Morgan fingerprint density at radius 1 is 0.917 bits per heavy atom. The maximum atomic E-state index is 13.9. The lowest BCUT2D eigenvalue weighted by atomic mass is 9.84. The lowest BCUT2D eigenvalue weighted by molar-refractivity contribution is -0.142. The fraction of sp³-hybridized carbons (Fsp3) is 0.483. The molecule has 7 heteroatoms. The molecular formula is C29H38N4O3. The minimum atomic E-state index is -0.740. The van der Waals surface area contributed by atoms with Crippen LogP contribution in [-0.4, -0.2) is 77.4 Å². The molecule has 3 amide bonds. The third kappa shape index (κ3) is 4.84. The number of anilines is 1. The van der Waals surface area contributed by atoms with Gasteiger partial charge < -0.3 is 19.6 Å². The molecule has 1 atom stereocenters. The van der Waals surface area contributed by atoms with Crippen LogP contribution in [0, 0.1) is 0 Å². The van der Waals surface area contributed by atoms with Crippen LogP contribution < -0.4 is 4.90 Å². The third-order valence-corrected chi connectivity index (χ3v) is 7.83. The Bertz CT molecular complexity index is 1050. The van der Waals surface area contributed by atoms with Crippen LogP contribution in [0.3, 0.4) is 0 Å². The maximum absolute atomic E-state index is 13.9. The number of hydrogen-bond donors (Lipinski definition) is 0. The summed E-state index contributed by atoms with van der Waals surface area (Å²) < 4.78 is 0. The monoisotopic (exact) mass is 490 g/mol. The van der Waals surface area contributed by atoms with Gasteiger partial charge in [0.25, 0.3) is 5.91 Å². The van der Waals surface area contributed by atoms with Gasteiger partial charge in [-0.3, -0.25) is 14.4 Å². The van der Waals surface area contributed by atoms with E-state index in [1.807, 2.05) is 86.3 Å². The van der Waals surface area contributed by atoms with E-state index in [1.54, 1.807) is 9.80 Å². The molecule has 1 spiro atoms. The molecule has 2 saturated heterocycles. The van der Waals surface area contributed by atoms with Crippen molar-refractivity contribution >= 4 is 23.4 Å². The van der Waals surface area contributed by atoms with Crippen molar-refractivity contribution in [2.45, 2.75) is 51.5 Å². The molecule has 2 fully saturated rings. The first-order chi connectivity index (χ1) is 17.4. The van der Waals surface area contributed by atoms with Crippen LogP contribution in [0.25, 0.3) is 0 Å². The maximum Gasteiger partial charge on any atom is 0.250 e. The Kier molecular flexibility index (Phi) is 7.97. The van der Waals surface area contributed by atoms with E-state index in [0.29, 0.717) is 45.7 Å². The first kappa shape index (κ1) is 25.7. The van der Waals surface area contributed by atoms with Crippen LogP contribution in [-0.2, 0) is 14.4 Å². The number of piperidine rings is 1. The van der Waals surface area contributed by atoms with Gasteiger partial charge in [0.2, 0.25) is 11.8 Å². The molecule has 0 aliphatic carbocycles. The van der Waals surface area contributed by atoms with Gasteiger partial charge in [-0.25, -0.2) is 0 Å². The number of nitrogens with zero attached hydrogens (tertiary/aromatic N) is 4. The SMILES string of the molecule is CCC(C(=O)N1CCC2(CC1)C(=O)N(CC(=O)N(CC)CC)CN2c1ccccc1)c1ccccc1. The second-order valence-electron chi connectivity index (χ2n) is 9.70. The average molecular weight is 491 g/mol. The molecule has 0 saturated carbocycles. The summed E-state index contributed by atoms with van der Waals surface area (Å²) in [6.45, 7) is 8.72. The number of carbonyl (C=O) groups excluding carboxylic acids is 3. The van der Waals surface area contributed by atoms with E-state index in [-0.39, 0.29) is 30.2 Å². The Hall–Kier alpha value is -3.35. The van der Waals surface area contributed by atoms with Crippen molar-refractivity contribution in [3.63, 3.8) is 0 Å². The zero-order chi connectivity index (χ0) is 25.7. The van der Waals surface area contributed by atoms with Gasteiger partial charge in [-0.05, 0) is 50.8 Å². The van der Waals surface area contributed by atoms with E-state index < -0.39 is 5.54 Å². The quantitative estimate of drug-likeness (QED) is 0.566. The van der Waals surface area contributed by atoms with E-state index in [2.05, 4.69) is 4.90 Å². The van der Waals surface area contributed by atoms with Gasteiger partial charge >= 0.3 is 0 Å². The Morgan fingerprint density at radius 3 is 2.06 bits per heavy atom. The van der Waals surface area contributed by atoms with Crippen molar-refractivity contribution in [2.24, 2.45) is 0 Å². The summed E-state index contributed by atoms with van der Waals surface area (Å²) in [6, 6.07) is 19.9. The third-order valence-electron chi connectivity index (χ3n) is 7.83. The van der Waals surface area contributed by atoms with Crippen LogP contribution >= 0.6 is 0 Å². The molecule has 4 rings (SSSR count). The summed E-state index contributed by atoms with van der Waals surface area (Å²) >= 11 is 0. The van der Waals surface area contributed by atoms with Crippen LogP contribution in [0.1, 0.15) is 51.5 Å². The summed E-state index contributed by atoms with van der Waals surface area (Å²) in [7, 11) is 0. The lowest BCUT2D eigenvalue weighted by Gasteiger charge is -2.44. The van der Waals surface area contributed by atoms with E-state index in [1.165, 1.54) is 0 Å². The predicted octanol–water partition coefficient (Wildman–Crippen LogP) is 3.72. The van der Waals surface area contributed by atoms with Gasteiger partial charge in [0.05, 0.1) is 12.6 Å². The molecule has 1 unspecified atom stereocenters. The van der Waals surface area contributed by atoms with Gasteiger partial charge in [-0.1, -0.05) is 55.5 Å². The van der Waals surface area contributed by atoms with Crippen molar-refractivity contribution in [2.75, 3.05) is 44.3 Å². The average Bonchev–Trinajstić information content (AvgIpc) is 3.17. The van der Waals surface area contributed by atoms with Crippen molar-refractivity contribution in [3.8, 4) is 0 Å². The molecule has 0 N–H and O–H groups in total. The lowest BCUT2D eigenvalue weighted by Crippen LogP contribution is -2.58. The zero-order valence-electron chi connectivity index (χ0n) is 21.7. The van der Waals surface area contributed by atoms with E-state index in [9.17, 15) is 14.4 Å². The van der Waals surface area contributed by atoms with Crippen LogP contribution in [0.15, 0.2) is 60.7 Å². The Morgan fingerprint density at radius 2 is 1.50 bits per heavy atom. The van der Waals surface area contributed by atoms with Gasteiger partial charge in [-0.2, -0.15) is 0 Å². The fourth-order valence-corrected chi connectivity index (χ4v) is 5.72. The first-order valence-electron chi connectivity index (χ1n) is 13.2. The van der Waals surface area contributed by atoms with Gasteiger partial charge in [0.15, 0.2) is 0 Å². The normalized spacial score (nSPS) is 18.0. The molecule has 2 aromatic rings. The van der Waals surface area contributed by atoms with E-state index in [0.717, 1.165) is 17.7 Å². The summed E-state index contributed by atoms with van der Waals surface area (Å²) in [4.78, 5) is 47.8.